The number of aryl methyl sites for hydroxylation is 1. The SMILES string of the molecule is Cc1cc2[nH+][nH]c(=O)n2c2cc(-c3ccc[nH]3)ccc12. The summed E-state index contributed by atoms with van der Waals surface area (Å²) in [7, 11) is 0. The van der Waals surface area contributed by atoms with Crippen LogP contribution in [0.25, 0.3) is 27.8 Å². The molecular weight excluding hydrogens is 252 g/mol. The zero-order chi connectivity index (χ0) is 13.7. The summed E-state index contributed by atoms with van der Waals surface area (Å²) in [4.78, 5) is 15.2. The van der Waals surface area contributed by atoms with E-state index >= 15 is 0 Å². The zero-order valence-electron chi connectivity index (χ0n) is 10.9. The third-order valence-corrected chi connectivity index (χ3v) is 3.67. The van der Waals surface area contributed by atoms with Crippen molar-refractivity contribution in [3.63, 3.8) is 0 Å². The van der Waals surface area contributed by atoms with E-state index in [0.717, 1.165) is 33.4 Å². The molecule has 5 nitrogen and oxygen atoms in total. The molecule has 3 aromatic heterocycles. The van der Waals surface area contributed by atoms with Gasteiger partial charge in [-0.1, -0.05) is 6.07 Å². The Bertz CT molecular complexity index is 976. The number of hydrogen-bond acceptors (Lipinski definition) is 1. The summed E-state index contributed by atoms with van der Waals surface area (Å²) in [5.74, 6) is 0. The van der Waals surface area contributed by atoms with Crippen molar-refractivity contribution in [1.82, 2.24) is 14.5 Å². The van der Waals surface area contributed by atoms with Gasteiger partial charge in [0.25, 0.3) is 0 Å². The van der Waals surface area contributed by atoms with Crippen molar-refractivity contribution in [2.75, 3.05) is 0 Å². The van der Waals surface area contributed by atoms with Crippen molar-refractivity contribution in [2.24, 2.45) is 0 Å². The lowest BCUT2D eigenvalue weighted by Crippen LogP contribution is -2.12. The lowest BCUT2D eigenvalue weighted by molar-refractivity contribution is -0.423. The Morgan fingerprint density at radius 3 is 2.90 bits per heavy atom. The first-order chi connectivity index (χ1) is 9.74. The summed E-state index contributed by atoms with van der Waals surface area (Å²) >= 11 is 0. The van der Waals surface area contributed by atoms with Crippen LogP contribution in [0.1, 0.15) is 5.56 Å². The molecule has 0 spiro atoms. The molecule has 3 N–H and O–H groups in total. The van der Waals surface area contributed by atoms with Gasteiger partial charge in [-0.2, -0.15) is 10.2 Å². The Labute approximate surface area is 113 Å². The highest BCUT2D eigenvalue weighted by molar-refractivity contribution is 5.88. The molecule has 0 aliphatic carbocycles. The molecule has 0 amide bonds. The van der Waals surface area contributed by atoms with E-state index in [4.69, 9.17) is 0 Å². The van der Waals surface area contributed by atoms with Gasteiger partial charge in [-0.25, -0.2) is 4.79 Å². The standard InChI is InChI=1S/C15H12N4O/c1-9-7-14-17-18-15(20)19(14)13-8-10(4-5-11(9)13)12-3-2-6-16-12/h2-8,16H,1H3,(H,18,20)/p+1. The van der Waals surface area contributed by atoms with Gasteiger partial charge in [0.05, 0.1) is 0 Å². The van der Waals surface area contributed by atoms with Crippen LogP contribution in [0.3, 0.4) is 0 Å². The number of benzene rings is 1. The van der Waals surface area contributed by atoms with Crippen molar-refractivity contribution < 1.29 is 5.10 Å². The number of H-pyrrole nitrogens is 3. The van der Waals surface area contributed by atoms with Crippen molar-refractivity contribution in [2.45, 2.75) is 6.92 Å². The quantitative estimate of drug-likeness (QED) is 0.542. The molecule has 0 aliphatic rings. The van der Waals surface area contributed by atoms with Gasteiger partial charge < -0.3 is 4.98 Å². The van der Waals surface area contributed by atoms with Gasteiger partial charge in [-0.05, 0) is 36.8 Å². The van der Waals surface area contributed by atoms with Gasteiger partial charge in [0.2, 0.25) is 0 Å². The summed E-state index contributed by atoms with van der Waals surface area (Å²) in [6.45, 7) is 2.04. The van der Waals surface area contributed by atoms with E-state index in [0.29, 0.717) is 0 Å². The zero-order valence-corrected chi connectivity index (χ0v) is 10.9. The number of fused-ring (bicyclic) bond motifs is 3. The highest BCUT2D eigenvalue weighted by Gasteiger charge is 2.15. The molecule has 0 bridgehead atoms. The molecule has 4 rings (SSSR count). The van der Waals surface area contributed by atoms with Crippen LogP contribution in [0.15, 0.2) is 47.4 Å². The molecule has 0 radical (unpaired) electrons. The second-order valence-corrected chi connectivity index (χ2v) is 4.92. The molecule has 1 aromatic carbocycles. The number of rotatable bonds is 1. The van der Waals surface area contributed by atoms with Gasteiger partial charge in [0.15, 0.2) is 0 Å². The summed E-state index contributed by atoms with van der Waals surface area (Å²) in [6.07, 6.45) is 1.89. The summed E-state index contributed by atoms with van der Waals surface area (Å²) in [6, 6.07) is 12.1. The number of nitrogens with one attached hydrogen (secondary N) is 3. The van der Waals surface area contributed by atoms with Crippen molar-refractivity contribution in [1.29, 1.82) is 0 Å². The number of nitrogens with zero attached hydrogens (tertiary/aromatic N) is 1. The number of aromatic amines is 3. The van der Waals surface area contributed by atoms with Crippen LogP contribution in [-0.4, -0.2) is 14.5 Å². The predicted octanol–water partition coefficient (Wildman–Crippen LogP) is 1.90. The van der Waals surface area contributed by atoms with E-state index in [9.17, 15) is 4.79 Å². The minimum atomic E-state index is -0.159. The van der Waals surface area contributed by atoms with Crippen LogP contribution >= 0.6 is 0 Å². The summed E-state index contributed by atoms with van der Waals surface area (Å²) in [5, 5.41) is 6.59. The van der Waals surface area contributed by atoms with Crippen LogP contribution in [0.4, 0.5) is 0 Å². The average molecular weight is 265 g/mol. The van der Waals surface area contributed by atoms with Crippen LogP contribution in [0.5, 0.6) is 0 Å². The molecule has 0 atom stereocenters. The first-order valence-electron chi connectivity index (χ1n) is 6.43. The maximum Gasteiger partial charge on any atom is 0.449 e. The topological polar surface area (TPSA) is 67.2 Å². The van der Waals surface area contributed by atoms with E-state index in [2.05, 4.69) is 27.3 Å². The van der Waals surface area contributed by atoms with Crippen molar-refractivity contribution >= 4 is 16.6 Å². The van der Waals surface area contributed by atoms with E-state index in [1.54, 1.807) is 4.40 Å². The lowest BCUT2D eigenvalue weighted by Gasteiger charge is -2.03. The number of pyridine rings is 1. The smallest absolute Gasteiger partial charge is 0.361 e. The molecule has 5 heteroatoms. The molecule has 0 fully saturated rings. The van der Waals surface area contributed by atoms with Crippen molar-refractivity contribution in [3.8, 4) is 11.3 Å². The minimum Gasteiger partial charge on any atom is -0.361 e. The molecule has 0 unspecified atom stereocenters. The molecule has 4 aromatic rings. The molecule has 0 aliphatic heterocycles. The van der Waals surface area contributed by atoms with E-state index < -0.39 is 0 Å². The van der Waals surface area contributed by atoms with Crippen LogP contribution in [0, 0.1) is 6.92 Å². The maximum atomic E-state index is 12.0. The normalized spacial score (nSPS) is 11.4. The number of hydrogen-bond donors (Lipinski definition) is 2. The molecule has 0 saturated heterocycles. The van der Waals surface area contributed by atoms with Crippen LogP contribution in [-0.2, 0) is 0 Å². The molecule has 20 heavy (non-hydrogen) atoms. The Hall–Kier alpha value is -2.82. The van der Waals surface area contributed by atoms with Crippen LogP contribution in [0.2, 0.25) is 0 Å². The Morgan fingerprint density at radius 2 is 2.10 bits per heavy atom. The Kier molecular flexibility index (Phi) is 2.12. The number of aromatic nitrogens is 4. The van der Waals surface area contributed by atoms with Gasteiger partial charge >= 0.3 is 11.3 Å². The molecule has 98 valence electrons. The summed E-state index contributed by atoms with van der Waals surface area (Å²) < 4.78 is 1.66. The fraction of sp³-hybridized carbons (Fsp3) is 0.0667. The largest absolute Gasteiger partial charge is 0.449 e. The summed E-state index contributed by atoms with van der Waals surface area (Å²) in [5.41, 5.74) is 4.73. The van der Waals surface area contributed by atoms with Crippen molar-refractivity contribution in [3.05, 3.63) is 58.6 Å². The van der Waals surface area contributed by atoms with Gasteiger partial charge in [0.1, 0.15) is 5.52 Å². The first-order valence-corrected chi connectivity index (χ1v) is 6.43. The predicted molar refractivity (Wildman–Crippen MR) is 76.6 cm³/mol. The highest BCUT2D eigenvalue weighted by atomic mass is 16.1. The third kappa shape index (κ3) is 1.43. The molecular formula is C15H13N4O+. The van der Waals surface area contributed by atoms with Crippen LogP contribution < -0.4 is 10.8 Å². The van der Waals surface area contributed by atoms with E-state index in [1.165, 1.54) is 0 Å². The third-order valence-electron chi connectivity index (χ3n) is 3.67. The molecule has 0 saturated carbocycles. The second-order valence-electron chi connectivity index (χ2n) is 4.92. The van der Waals surface area contributed by atoms with Gasteiger partial charge in [-0.15, -0.1) is 4.40 Å². The highest BCUT2D eigenvalue weighted by Crippen LogP contribution is 2.25. The van der Waals surface area contributed by atoms with Gasteiger partial charge in [0, 0.05) is 28.9 Å². The van der Waals surface area contributed by atoms with Gasteiger partial charge in [-0.3, -0.25) is 0 Å². The fourth-order valence-corrected chi connectivity index (χ4v) is 2.69. The maximum absolute atomic E-state index is 12.0. The first kappa shape index (κ1) is 11.0. The second kappa shape index (κ2) is 3.84. The Morgan fingerprint density at radius 1 is 1.20 bits per heavy atom. The fourth-order valence-electron chi connectivity index (χ4n) is 2.69. The Balaban J connectivity index is 2.17. The lowest BCUT2D eigenvalue weighted by atomic mass is 10.1. The average Bonchev–Trinajstić information content (AvgIpc) is 3.09. The minimum absolute atomic E-state index is 0.159. The molecule has 3 heterocycles. The van der Waals surface area contributed by atoms with E-state index in [1.807, 2.05) is 37.4 Å². The van der Waals surface area contributed by atoms with E-state index in [-0.39, 0.29) is 5.69 Å². The monoisotopic (exact) mass is 265 g/mol.